The summed E-state index contributed by atoms with van der Waals surface area (Å²) in [4.78, 5) is 14.0. The Balaban J connectivity index is 1.45. The predicted molar refractivity (Wildman–Crippen MR) is 153 cm³/mol. The topological polar surface area (TPSA) is 32.7 Å². The minimum atomic E-state index is -2.47. The maximum absolute atomic E-state index is 13.5. The van der Waals surface area contributed by atoms with Crippen LogP contribution in [0.25, 0.3) is 12.2 Å². The second-order valence-corrected chi connectivity index (χ2v) is 11.1. The molecule has 3 nitrogen and oxygen atoms in total. The zero-order valence-corrected chi connectivity index (χ0v) is 22.6. The Morgan fingerprint density at radius 3 is 2.24 bits per heavy atom. The summed E-state index contributed by atoms with van der Waals surface area (Å²) in [6.07, 6.45) is 8.09. The lowest BCUT2D eigenvalue weighted by molar-refractivity contribution is -0.128. The van der Waals surface area contributed by atoms with Crippen LogP contribution in [-0.2, 0) is 4.79 Å². The zero-order chi connectivity index (χ0) is 26.6. The van der Waals surface area contributed by atoms with Gasteiger partial charge in [0.1, 0.15) is 0 Å². The molecule has 1 fully saturated rings. The van der Waals surface area contributed by atoms with E-state index in [0.717, 1.165) is 47.2 Å². The highest BCUT2D eigenvalue weighted by Gasteiger charge is 2.43. The number of allylic oxidation sites excluding steroid dienone is 1. The summed E-state index contributed by atoms with van der Waals surface area (Å²) in [5.41, 5.74) is 4.80. The molecule has 2 atom stereocenters. The predicted octanol–water partition coefficient (Wildman–Crippen LogP) is 9.14. The van der Waals surface area contributed by atoms with Gasteiger partial charge in [-0.05, 0) is 90.1 Å². The fourth-order valence-corrected chi connectivity index (χ4v) is 5.69. The normalized spacial score (nSPS) is 20.3. The van der Waals surface area contributed by atoms with Crippen LogP contribution in [-0.4, -0.2) is 22.4 Å². The van der Waals surface area contributed by atoms with Crippen LogP contribution in [0.1, 0.15) is 42.0 Å². The lowest BCUT2D eigenvalue weighted by atomic mass is 9.77. The lowest BCUT2D eigenvalue weighted by Gasteiger charge is -2.29. The number of rotatable bonds is 6. The van der Waals surface area contributed by atoms with E-state index in [1.165, 1.54) is 6.08 Å². The second-order valence-electron chi connectivity index (χ2n) is 9.17. The number of carbonyl (C=O) groups excluding carboxylic acids is 1. The molecule has 0 aromatic heterocycles. The van der Waals surface area contributed by atoms with E-state index in [2.05, 4.69) is 6.08 Å². The molecule has 0 N–H and O–H groups in total. The number of benzene rings is 3. The summed E-state index contributed by atoms with van der Waals surface area (Å²) >= 11 is 12.7. The number of amides is 1. The van der Waals surface area contributed by atoms with Gasteiger partial charge in [0, 0.05) is 26.9 Å². The van der Waals surface area contributed by atoms with Crippen LogP contribution in [0.3, 0.4) is 0 Å². The fraction of sp³-hybridized carbons (Fsp3) is 0.200. The number of alkyl halides is 2. The third kappa shape index (κ3) is 6.20. The van der Waals surface area contributed by atoms with Crippen molar-refractivity contribution >= 4 is 58.7 Å². The Hall–Kier alpha value is -2.93. The molecule has 2 unspecified atom stereocenters. The molecule has 194 valence electrons. The number of nitrogens with zero attached hydrogens (tertiary/aromatic N) is 2. The Bertz CT molecular complexity index is 1390. The van der Waals surface area contributed by atoms with E-state index >= 15 is 0 Å². The number of fused-ring (bicyclic) bond motifs is 1. The summed E-state index contributed by atoms with van der Waals surface area (Å²) in [5, 5.41) is 7.76. The summed E-state index contributed by atoms with van der Waals surface area (Å²) in [6.45, 7) is 0. The van der Waals surface area contributed by atoms with E-state index < -0.39 is 5.76 Å². The van der Waals surface area contributed by atoms with Gasteiger partial charge in [0.15, 0.2) is 0 Å². The van der Waals surface area contributed by atoms with Crippen molar-refractivity contribution in [3.05, 3.63) is 111 Å². The standard InChI is InChI=1S/C30H24Cl2F2N2OS/c31-23-11-4-20(5-12-23)18-22-2-1-3-26-28(22)35-36(29(26)21-9-13-24(32)14-10-21)27(37)17-8-19-6-15-25(16-7-19)38-30(33)34/h4-18,26,29-30H,1-3H2/b17-8-,22-18-. The highest BCUT2D eigenvalue weighted by atomic mass is 35.5. The molecule has 5 rings (SSSR count). The molecule has 0 saturated heterocycles. The van der Waals surface area contributed by atoms with E-state index in [1.54, 1.807) is 35.4 Å². The van der Waals surface area contributed by atoms with Crippen molar-refractivity contribution in [3.8, 4) is 0 Å². The first-order valence-electron chi connectivity index (χ1n) is 12.2. The van der Waals surface area contributed by atoms with Crippen LogP contribution >= 0.6 is 35.0 Å². The molecule has 1 amide bonds. The average molecular weight is 570 g/mol. The largest absolute Gasteiger partial charge is 0.288 e. The van der Waals surface area contributed by atoms with Gasteiger partial charge in [0.05, 0.1) is 11.8 Å². The van der Waals surface area contributed by atoms with Crippen LogP contribution in [0.15, 0.2) is 94.4 Å². The Kier molecular flexibility index (Phi) is 8.32. The van der Waals surface area contributed by atoms with Gasteiger partial charge in [-0.15, -0.1) is 0 Å². The zero-order valence-electron chi connectivity index (χ0n) is 20.2. The first kappa shape index (κ1) is 26.7. The minimum absolute atomic E-state index is 0.0616. The highest BCUT2D eigenvalue weighted by molar-refractivity contribution is 7.99. The van der Waals surface area contributed by atoms with Gasteiger partial charge in [0.25, 0.3) is 11.7 Å². The Morgan fingerprint density at radius 1 is 0.947 bits per heavy atom. The van der Waals surface area contributed by atoms with Gasteiger partial charge in [0.2, 0.25) is 0 Å². The fourth-order valence-electron chi connectivity index (χ4n) is 4.94. The minimum Gasteiger partial charge on any atom is -0.268 e. The van der Waals surface area contributed by atoms with Gasteiger partial charge in [-0.2, -0.15) is 13.9 Å². The third-order valence-corrected chi connectivity index (χ3v) is 7.90. The first-order chi connectivity index (χ1) is 18.4. The number of hydrazone groups is 1. The van der Waals surface area contributed by atoms with E-state index in [9.17, 15) is 13.6 Å². The van der Waals surface area contributed by atoms with Gasteiger partial charge in [-0.25, -0.2) is 5.01 Å². The highest BCUT2D eigenvalue weighted by Crippen LogP contribution is 2.44. The van der Waals surface area contributed by atoms with Crippen molar-refractivity contribution in [2.24, 2.45) is 11.0 Å². The molecular formula is C30H24Cl2F2N2OS. The van der Waals surface area contributed by atoms with Gasteiger partial charge >= 0.3 is 0 Å². The molecule has 1 saturated carbocycles. The summed E-state index contributed by atoms with van der Waals surface area (Å²) < 4.78 is 25.2. The molecule has 1 aliphatic heterocycles. The quantitative estimate of drug-likeness (QED) is 0.219. The number of hydrogen-bond acceptors (Lipinski definition) is 3. The van der Waals surface area contributed by atoms with Crippen molar-refractivity contribution < 1.29 is 13.6 Å². The van der Waals surface area contributed by atoms with E-state index in [-0.39, 0.29) is 17.9 Å². The van der Waals surface area contributed by atoms with Gasteiger partial charge < -0.3 is 0 Å². The van der Waals surface area contributed by atoms with Crippen LogP contribution in [0.4, 0.5) is 8.78 Å². The van der Waals surface area contributed by atoms with Gasteiger partial charge in [-0.3, -0.25) is 4.79 Å². The van der Waals surface area contributed by atoms with Crippen LogP contribution in [0, 0.1) is 5.92 Å². The first-order valence-corrected chi connectivity index (χ1v) is 13.9. The molecule has 3 aromatic carbocycles. The summed E-state index contributed by atoms with van der Waals surface area (Å²) in [5.74, 6) is -2.66. The number of halogens is 4. The summed E-state index contributed by atoms with van der Waals surface area (Å²) in [7, 11) is 0. The van der Waals surface area contributed by atoms with Crippen molar-refractivity contribution in [2.45, 2.75) is 36.0 Å². The molecule has 38 heavy (non-hydrogen) atoms. The van der Waals surface area contributed by atoms with Crippen molar-refractivity contribution in [1.29, 1.82) is 0 Å². The molecule has 0 bridgehead atoms. The monoisotopic (exact) mass is 568 g/mol. The third-order valence-electron chi connectivity index (χ3n) is 6.67. The van der Waals surface area contributed by atoms with E-state index in [1.807, 2.05) is 48.5 Å². The van der Waals surface area contributed by atoms with Crippen LogP contribution < -0.4 is 0 Å². The Morgan fingerprint density at radius 2 is 1.58 bits per heavy atom. The second kappa shape index (κ2) is 11.9. The maximum atomic E-state index is 13.5. The van der Waals surface area contributed by atoms with E-state index in [0.29, 0.717) is 26.7 Å². The number of thioether (sulfide) groups is 1. The number of hydrogen-bond donors (Lipinski definition) is 0. The molecule has 0 radical (unpaired) electrons. The summed E-state index contributed by atoms with van der Waals surface area (Å²) in [6, 6.07) is 21.7. The Labute approximate surface area is 234 Å². The maximum Gasteiger partial charge on any atom is 0.288 e. The molecule has 3 aromatic rings. The van der Waals surface area contributed by atoms with Crippen molar-refractivity contribution in [2.75, 3.05) is 0 Å². The lowest BCUT2D eigenvalue weighted by Crippen LogP contribution is -2.30. The smallest absolute Gasteiger partial charge is 0.268 e. The average Bonchev–Trinajstić information content (AvgIpc) is 3.30. The van der Waals surface area contributed by atoms with Crippen molar-refractivity contribution in [1.82, 2.24) is 5.01 Å². The molecular weight excluding hydrogens is 545 g/mol. The molecule has 0 spiro atoms. The van der Waals surface area contributed by atoms with Gasteiger partial charge in [-0.1, -0.05) is 71.4 Å². The van der Waals surface area contributed by atoms with Crippen molar-refractivity contribution in [3.63, 3.8) is 0 Å². The van der Waals surface area contributed by atoms with Crippen LogP contribution in [0.5, 0.6) is 0 Å². The number of carbonyl (C=O) groups is 1. The molecule has 2 aliphatic rings. The molecule has 8 heteroatoms. The molecule has 1 heterocycles. The van der Waals surface area contributed by atoms with Crippen LogP contribution in [0.2, 0.25) is 10.0 Å². The SMILES string of the molecule is O=C(/C=C\c1ccc(SC(F)F)cc1)N1N=C2/C(=C\c3ccc(Cl)cc3)CCCC2C1c1ccc(Cl)cc1. The molecule has 1 aliphatic carbocycles. The van der Waals surface area contributed by atoms with E-state index in [4.69, 9.17) is 28.3 Å².